The zero-order valence-corrected chi connectivity index (χ0v) is 94.5. The summed E-state index contributed by atoms with van der Waals surface area (Å²) in [5, 5.41) is 7.49. The van der Waals surface area contributed by atoms with E-state index in [0.29, 0.717) is 5.92 Å². The minimum Gasteiger partial charge on any atom is -0.305 e. The molecule has 2 saturated carbocycles. The van der Waals surface area contributed by atoms with E-state index in [9.17, 15) is 0 Å². The van der Waals surface area contributed by atoms with Gasteiger partial charge in [0.2, 0.25) is 0 Å². The van der Waals surface area contributed by atoms with Gasteiger partial charge in [0, 0.05) is 132 Å². The zero-order chi connectivity index (χ0) is 83.4. The Balaban J connectivity index is 0.000000378. The summed E-state index contributed by atoms with van der Waals surface area (Å²) in [5.74, 6) is 2.26. The second kappa shape index (κ2) is 46.4. The number of rotatable bonds is 16. The van der Waals surface area contributed by atoms with E-state index in [-0.39, 0.29) is 117 Å². The Morgan fingerprint density at radius 2 is 0.644 bits per heavy atom. The fraction of sp³-hybridized carbons (Fsp3) is 0.466. The molecule has 0 bridgehead atoms. The van der Waals surface area contributed by atoms with Crippen molar-refractivity contribution in [2.75, 3.05) is 0 Å². The van der Waals surface area contributed by atoms with Crippen LogP contribution in [-0.2, 0) is 131 Å². The van der Waals surface area contributed by atoms with E-state index in [0.717, 1.165) is 74.5 Å². The number of benzene rings is 5. The van der Waals surface area contributed by atoms with Crippen LogP contribution < -0.4 is 25.9 Å². The molecule has 0 saturated heterocycles. The smallest absolute Gasteiger partial charge is 0.0799 e. The normalized spacial score (nSPS) is 13.5. The minimum absolute atomic E-state index is 0. The van der Waals surface area contributed by atoms with E-state index in [1.807, 2.05) is 36.4 Å². The molecule has 15 heteroatoms. The van der Waals surface area contributed by atoms with Crippen LogP contribution in [0.2, 0.25) is 98.2 Å². The summed E-state index contributed by atoms with van der Waals surface area (Å²) in [5.41, 5.74) is 25.3. The summed E-state index contributed by atoms with van der Waals surface area (Å²) in [6, 6.07) is 59.7. The minimum atomic E-state index is -1.39. The van der Waals surface area contributed by atoms with Gasteiger partial charge in [0.15, 0.2) is 0 Å². The largest absolute Gasteiger partial charge is 0.305 e. The van der Waals surface area contributed by atoms with Crippen molar-refractivity contribution >= 4 is 66.3 Å². The molecule has 0 spiro atoms. The van der Waals surface area contributed by atoms with Gasteiger partial charge in [0.05, 0.1) is 40.4 Å². The van der Waals surface area contributed by atoms with E-state index in [2.05, 4.69) is 348 Å². The van der Waals surface area contributed by atoms with Crippen molar-refractivity contribution < 1.29 is 101 Å². The molecule has 12 rings (SSSR count). The van der Waals surface area contributed by atoms with Crippen LogP contribution >= 0.6 is 0 Å². The quantitative estimate of drug-likeness (QED) is 0.0712. The molecule has 649 valence electrons. The number of hydrogen-bond acceptors (Lipinski definition) is 5. The van der Waals surface area contributed by atoms with Gasteiger partial charge in [0.25, 0.3) is 0 Å². The second-order valence-corrected chi connectivity index (χ2v) is 66.8. The van der Waals surface area contributed by atoms with Gasteiger partial charge in [-0.1, -0.05) is 311 Å². The molecule has 0 aliphatic heterocycles. The Morgan fingerprint density at radius 1 is 0.339 bits per heavy atom. The van der Waals surface area contributed by atoms with Crippen molar-refractivity contribution in [3.05, 3.63) is 238 Å². The number of hydrogen-bond donors (Lipinski definition) is 0. The van der Waals surface area contributed by atoms with Crippen molar-refractivity contribution in [1.29, 1.82) is 0 Å². The summed E-state index contributed by atoms with van der Waals surface area (Å²) in [4.78, 5) is 23.9. The van der Waals surface area contributed by atoms with Crippen LogP contribution in [0.1, 0.15) is 196 Å². The third-order valence-corrected chi connectivity index (χ3v) is 32.8. The van der Waals surface area contributed by atoms with Gasteiger partial charge < -0.3 is 24.9 Å². The van der Waals surface area contributed by atoms with Crippen LogP contribution in [0.4, 0.5) is 0 Å². The van der Waals surface area contributed by atoms with Crippen molar-refractivity contribution in [3.8, 4) is 56.3 Å². The first-order valence-electron chi connectivity index (χ1n) is 42.5. The molecular weight excluding hydrogens is 2410 g/mol. The van der Waals surface area contributed by atoms with Crippen LogP contribution in [0.25, 0.3) is 56.3 Å². The predicted octanol–water partition coefficient (Wildman–Crippen LogP) is 25.9. The van der Waals surface area contributed by atoms with E-state index in [1.54, 1.807) is 21.5 Å². The Hall–Kier alpha value is -3.82. The third kappa shape index (κ3) is 32.0. The topological polar surface area (TPSA) is 64.5 Å². The molecule has 5 nitrogen and oxygen atoms in total. The maximum Gasteiger partial charge on any atom is 0.0799 e. The van der Waals surface area contributed by atoms with Crippen molar-refractivity contribution in [1.82, 2.24) is 24.9 Å². The van der Waals surface area contributed by atoms with Crippen LogP contribution in [0, 0.1) is 75.3 Å². The monoisotopic (exact) mass is 2550 g/mol. The zero-order valence-electron chi connectivity index (χ0n) is 77.6. The maximum absolute atomic E-state index is 4.83. The first-order valence-corrected chi connectivity index (χ1v) is 60.0. The molecule has 5 aromatic carbocycles. The standard InChI is InChI=1S/C22H30NSi.C21H28NSi.C21H30NSi.C20H28NSi.C19H26NSi.5Ir/c1-17-10-8-9-13-20(17)21-15-19(14-18-11-6-5-7-12-18)22(16-23-21)24(2,3)4;1-16-9-5-8-12-19(16)20-14-18(13-17-10-6-7-11-17)21(15-22-20)23(2,3)4;1-15(2)18-13-19(22-14-20(18)23(6,7)8)16-10-9-11-17(12-16)21(3,4)5;1-15-10-8-9-11-17(15)18-12-16(13-20(2,3)4)19(14-21-18)22(5,6)7;1-14-11-17(20-13-18(14)21(5,6)7)15-9-8-10-16(12-15)19(2,3)4;;;;;/h8-10,15-16,18H,5-7,11-12,14H2,1-4H3;5,8-9,14-15,17H,6-7,10-11,13H2,1-4H3;9,11-15H,1-8H3;8-10,12,14H,13H2,1-7H3;8,10-13H,1-7H3;;;;;/q5*-1;;;;;. The molecule has 2 aliphatic carbocycles. The number of pyridine rings is 5. The van der Waals surface area contributed by atoms with Crippen molar-refractivity contribution in [2.45, 2.75) is 296 Å². The fourth-order valence-electron chi connectivity index (χ4n) is 16.0. The fourth-order valence-corrected chi connectivity index (χ4v) is 24.1. The molecule has 10 aromatic rings. The molecule has 5 heterocycles. The van der Waals surface area contributed by atoms with Gasteiger partial charge >= 0.3 is 0 Å². The summed E-state index contributed by atoms with van der Waals surface area (Å²) in [6.07, 6.45) is 26.9. The Bertz CT molecular complexity index is 4790. The summed E-state index contributed by atoms with van der Waals surface area (Å²) in [6.45, 7) is 69.6. The van der Waals surface area contributed by atoms with Gasteiger partial charge in [-0.15, -0.1) is 177 Å². The molecule has 0 atom stereocenters. The van der Waals surface area contributed by atoms with Gasteiger partial charge in [-0.2, -0.15) is 0 Å². The van der Waals surface area contributed by atoms with Crippen LogP contribution in [-0.4, -0.2) is 65.3 Å². The Kier molecular flexibility index (Phi) is 42.6. The van der Waals surface area contributed by atoms with E-state index in [1.165, 1.54) is 131 Å². The van der Waals surface area contributed by atoms with E-state index in [4.69, 9.17) is 24.9 Å². The van der Waals surface area contributed by atoms with Crippen LogP contribution in [0.15, 0.2) is 152 Å². The number of aromatic nitrogens is 5. The van der Waals surface area contributed by atoms with Gasteiger partial charge in [-0.05, 0) is 115 Å². The van der Waals surface area contributed by atoms with Crippen molar-refractivity contribution in [2.24, 2.45) is 17.3 Å². The summed E-state index contributed by atoms with van der Waals surface area (Å²) < 4.78 is 0. The van der Waals surface area contributed by atoms with Crippen LogP contribution in [0.3, 0.4) is 0 Å². The Morgan fingerprint density at radius 3 is 0.958 bits per heavy atom. The second-order valence-electron chi connectivity index (χ2n) is 41.6. The van der Waals surface area contributed by atoms with Crippen molar-refractivity contribution in [3.63, 3.8) is 0 Å². The first-order chi connectivity index (χ1) is 52.6. The first kappa shape index (κ1) is 108. The molecule has 0 N–H and O–H groups in total. The average molecular weight is 2550 g/mol. The molecule has 118 heavy (non-hydrogen) atoms. The number of nitrogens with zero attached hydrogens (tertiary/aromatic N) is 5. The number of aryl methyl sites for hydroxylation is 4. The van der Waals surface area contributed by atoms with E-state index < -0.39 is 40.4 Å². The van der Waals surface area contributed by atoms with Gasteiger partial charge in [0.1, 0.15) is 0 Å². The molecule has 0 unspecified atom stereocenters. The molecule has 0 amide bonds. The van der Waals surface area contributed by atoms with Gasteiger partial charge in [-0.25, -0.2) is 0 Å². The third-order valence-electron chi connectivity index (χ3n) is 22.5. The summed E-state index contributed by atoms with van der Waals surface area (Å²) in [7, 11) is -6.81. The SMILES string of the molecule is CC(C)c1cc(-c2[c-]ccc(C(C)(C)C)c2)ncc1[Si](C)(C)C.Cc1cc(-c2[c-]ccc(C(C)(C)C)c2)ncc1[Si](C)(C)C.Cc1ccc[c-]c1-c1cc(CC(C)(C)C)c([Si](C)(C)C)cn1.Cc1ccc[c-]c1-c1cc(CC2CCCC2)c([Si](C)(C)C)cn1.Cc1ccc[c-]c1-c1cc(CC2CCCCC2)c([Si](C)(C)C)cn1.[Ir].[Ir].[Ir].[Ir].[Ir]. The molecular formula is C103H142Ir5N5Si5-5. The maximum atomic E-state index is 4.83. The van der Waals surface area contributed by atoms with E-state index >= 15 is 0 Å². The molecule has 5 radical (unpaired) electrons. The van der Waals surface area contributed by atoms with Gasteiger partial charge in [-0.3, -0.25) is 0 Å². The average Bonchev–Trinajstić information content (AvgIpc) is 0.920. The Labute approximate surface area is 791 Å². The van der Waals surface area contributed by atoms with Crippen LogP contribution in [0.5, 0.6) is 0 Å². The molecule has 5 aromatic heterocycles. The summed E-state index contributed by atoms with van der Waals surface area (Å²) >= 11 is 0. The molecule has 2 fully saturated rings. The predicted molar refractivity (Wildman–Crippen MR) is 507 cm³/mol. The molecule has 2 aliphatic rings.